The Labute approximate surface area is 130 Å². The zero-order valence-corrected chi connectivity index (χ0v) is 12.4. The predicted octanol–water partition coefficient (Wildman–Crippen LogP) is 3.31. The minimum absolute atomic E-state index is 0.0511. The number of hydrogen-bond acceptors (Lipinski definition) is 5. The molecule has 1 fully saturated rings. The summed E-state index contributed by atoms with van der Waals surface area (Å²) >= 11 is 5.65. The van der Waals surface area contributed by atoms with Gasteiger partial charge in [0.1, 0.15) is 10.9 Å². The predicted molar refractivity (Wildman–Crippen MR) is 79.8 cm³/mol. The van der Waals surface area contributed by atoms with Crippen molar-refractivity contribution in [1.82, 2.24) is 10.2 Å². The maximum atomic E-state index is 11.8. The maximum Gasteiger partial charge on any atom is 0.285 e. The number of H-pyrrole nitrogens is 1. The van der Waals surface area contributed by atoms with Crippen LogP contribution < -0.4 is 10.2 Å². The van der Waals surface area contributed by atoms with Gasteiger partial charge in [-0.05, 0) is 37.3 Å². The summed E-state index contributed by atoms with van der Waals surface area (Å²) in [6, 6.07) is 4.30. The number of rotatable bonds is 4. The Balaban J connectivity index is 2.09. The summed E-state index contributed by atoms with van der Waals surface area (Å²) < 4.78 is 5.60. The van der Waals surface area contributed by atoms with Crippen molar-refractivity contribution in [2.24, 2.45) is 0 Å². The van der Waals surface area contributed by atoms with Gasteiger partial charge in [-0.25, -0.2) is 0 Å². The van der Waals surface area contributed by atoms with Crippen molar-refractivity contribution >= 4 is 17.3 Å². The molecule has 8 heteroatoms. The molecule has 1 heterocycles. The van der Waals surface area contributed by atoms with Gasteiger partial charge in [-0.15, -0.1) is 5.10 Å². The van der Waals surface area contributed by atoms with Gasteiger partial charge in [0.25, 0.3) is 11.6 Å². The number of nitrogens with zero attached hydrogens (tertiary/aromatic N) is 2. The van der Waals surface area contributed by atoms with Crippen LogP contribution in [0.5, 0.6) is 11.6 Å². The van der Waals surface area contributed by atoms with Crippen LogP contribution in [0.15, 0.2) is 23.0 Å². The van der Waals surface area contributed by atoms with E-state index in [1.54, 1.807) is 13.0 Å². The van der Waals surface area contributed by atoms with E-state index in [1.807, 2.05) is 0 Å². The van der Waals surface area contributed by atoms with E-state index in [0.29, 0.717) is 17.2 Å². The second kappa shape index (κ2) is 5.42. The Bertz CT molecular complexity index is 814. The third-order valence-corrected chi connectivity index (χ3v) is 3.75. The highest BCUT2D eigenvalue weighted by Gasteiger charge is 2.30. The van der Waals surface area contributed by atoms with Gasteiger partial charge in [-0.3, -0.25) is 20.0 Å². The van der Waals surface area contributed by atoms with Gasteiger partial charge >= 0.3 is 0 Å². The molecule has 1 aromatic heterocycles. The normalized spacial score (nSPS) is 13.9. The van der Waals surface area contributed by atoms with Gasteiger partial charge in [0, 0.05) is 12.1 Å². The van der Waals surface area contributed by atoms with E-state index in [9.17, 15) is 14.9 Å². The number of aromatic nitrogens is 2. The fourth-order valence-corrected chi connectivity index (χ4v) is 2.43. The molecule has 0 aliphatic heterocycles. The molecule has 7 nitrogen and oxygen atoms in total. The second-order valence-corrected chi connectivity index (χ2v) is 5.55. The molecule has 1 aliphatic rings. The van der Waals surface area contributed by atoms with Crippen LogP contribution in [0.25, 0.3) is 0 Å². The largest absolute Gasteiger partial charge is 0.434 e. The highest BCUT2D eigenvalue weighted by Crippen LogP contribution is 2.47. The van der Waals surface area contributed by atoms with E-state index in [-0.39, 0.29) is 16.7 Å². The first-order valence-electron chi connectivity index (χ1n) is 6.68. The Kier molecular flexibility index (Phi) is 3.58. The number of aromatic amines is 1. The molecular weight excluding hydrogens is 310 g/mol. The lowest BCUT2D eigenvalue weighted by atomic mass is 10.0. The third kappa shape index (κ3) is 2.67. The Hall–Kier alpha value is -2.41. The van der Waals surface area contributed by atoms with Crippen molar-refractivity contribution in [3.8, 4) is 11.6 Å². The van der Waals surface area contributed by atoms with E-state index in [2.05, 4.69) is 10.2 Å². The lowest BCUT2D eigenvalue weighted by Crippen LogP contribution is -2.09. The number of nitro groups is 1. The lowest BCUT2D eigenvalue weighted by molar-refractivity contribution is -0.385. The molecule has 1 N–H and O–H groups in total. The summed E-state index contributed by atoms with van der Waals surface area (Å²) in [5.74, 6) is 0.452. The molecule has 0 saturated heterocycles. The molecule has 0 atom stereocenters. The van der Waals surface area contributed by atoms with Crippen molar-refractivity contribution < 1.29 is 9.66 Å². The van der Waals surface area contributed by atoms with Crippen LogP contribution in [0.3, 0.4) is 0 Å². The minimum Gasteiger partial charge on any atom is -0.434 e. The zero-order chi connectivity index (χ0) is 15.9. The highest BCUT2D eigenvalue weighted by molar-refractivity contribution is 6.29. The molecule has 0 bridgehead atoms. The monoisotopic (exact) mass is 321 g/mol. The first kappa shape index (κ1) is 14.5. The first-order valence-corrected chi connectivity index (χ1v) is 7.06. The number of ether oxygens (including phenoxy) is 1. The lowest BCUT2D eigenvalue weighted by Gasteiger charge is -2.12. The number of hydrogen-bond donors (Lipinski definition) is 1. The Morgan fingerprint density at radius 2 is 2.18 bits per heavy atom. The maximum absolute atomic E-state index is 11.8. The molecular formula is C14H12ClN3O4. The van der Waals surface area contributed by atoms with E-state index < -0.39 is 10.4 Å². The molecule has 0 amide bonds. The fourth-order valence-electron chi connectivity index (χ4n) is 2.29. The average molecular weight is 322 g/mol. The van der Waals surface area contributed by atoms with Gasteiger partial charge in [-0.1, -0.05) is 11.6 Å². The van der Waals surface area contributed by atoms with Crippen molar-refractivity contribution in [2.75, 3.05) is 0 Å². The highest BCUT2D eigenvalue weighted by atomic mass is 35.5. The second-order valence-electron chi connectivity index (χ2n) is 5.15. The van der Waals surface area contributed by atoms with Gasteiger partial charge in [-0.2, -0.15) is 0 Å². The van der Waals surface area contributed by atoms with E-state index in [1.165, 1.54) is 6.07 Å². The van der Waals surface area contributed by atoms with Crippen LogP contribution in [-0.4, -0.2) is 15.1 Å². The summed E-state index contributed by atoms with van der Waals surface area (Å²) in [7, 11) is 0. The first-order chi connectivity index (χ1) is 10.5. The zero-order valence-electron chi connectivity index (χ0n) is 11.6. The third-order valence-electron chi connectivity index (χ3n) is 3.55. The van der Waals surface area contributed by atoms with E-state index >= 15 is 0 Å². The minimum atomic E-state index is -0.489. The topological polar surface area (TPSA) is 98.1 Å². The molecule has 1 aromatic carbocycles. The summed E-state index contributed by atoms with van der Waals surface area (Å²) in [5.41, 5.74) is 0.700. The molecule has 0 unspecified atom stereocenters. The van der Waals surface area contributed by atoms with Crippen LogP contribution in [0.2, 0.25) is 5.15 Å². The quantitative estimate of drug-likeness (QED) is 0.688. The molecule has 3 rings (SSSR count). The Morgan fingerprint density at radius 3 is 2.77 bits per heavy atom. The molecule has 22 heavy (non-hydrogen) atoms. The summed E-state index contributed by atoms with van der Waals surface area (Å²) in [6.07, 6.45) is 2.00. The van der Waals surface area contributed by atoms with Crippen molar-refractivity contribution in [3.05, 3.63) is 54.8 Å². The molecule has 1 aliphatic carbocycles. The van der Waals surface area contributed by atoms with Crippen molar-refractivity contribution in [1.29, 1.82) is 0 Å². The molecule has 2 aromatic rings. The van der Waals surface area contributed by atoms with Crippen LogP contribution in [0, 0.1) is 17.0 Å². The average Bonchev–Trinajstić information content (AvgIpc) is 3.27. The molecule has 1 saturated carbocycles. The van der Waals surface area contributed by atoms with Gasteiger partial charge in [0.05, 0.1) is 10.5 Å². The van der Waals surface area contributed by atoms with Gasteiger partial charge in [0.15, 0.2) is 0 Å². The van der Waals surface area contributed by atoms with Gasteiger partial charge < -0.3 is 4.74 Å². The summed E-state index contributed by atoms with van der Waals surface area (Å²) in [6.45, 7) is 1.60. The molecule has 0 radical (unpaired) electrons. The summed E-state index contributed by atoms with van der Waals surface area (Å²) in [4.78, 5) is 22.5. The Morgan fingerprint density at radius 1 is 1.45 bits per heavy atom. The molecule has 0 spiro atoms. The number of halogens is 1. The van der Waals surface area contributed by atoms with Crippen molar-refractivity contribution in [3.63, 3.8) is 0 Å². The summed E-state index contributed by atoms with van der Waals surface area (Å²) in [5, 5.41) is 17.4. The molecule has 114 valence electrons. The van der Waals surface area contributed by atoms with Crippen molar-refractivity contribution in [2.45, 2.75) is 25.7 Å². The van der Waals surface area contributed by atoms with Gasteiger partial charge in [0.2, 0.25) is 5.43 Å². The van der Waals surface area contributed by atoms with E-state index in [0.717, 1.165) is 24.5 Å². The fraction of sp³-hybridized carbons (Fsp3) is 0.286. The SMILES string of the molecule is Cc1c([N+](=O)[O-])ccc(C2CC2)c1Oc1n[nH]c(Cl)cc1=O. The van der Waals surface area contributed by atoms with Crippen LogP contribution in [0.4, 0.5) is 5.69 Å². The standard InChI is InChI=1S/C14H12ClN3O4/c1-7-10(18(20)21)5-4-9(8-2-3-8)13(7)22-14-11(19)6-12(15)16-17-14/h4-6,8H,2-3H2,1H3,(H,16,19). The number of benzene rings is 1. The number of nitrogens with one attached hydrogen (secondary N) is 1. The van der Waals surface area contributed by atoms with Crippen LogP contribution in [0.1, 0.15) is 29.9 Å². The van der Waals surface area contributed by atoms with Crippen LogP contribution in [-0.2, 0) is 0 Å². The van der Waals surface area contributed by atoms with Crippen LogP contribution >= 0.6 is 11.6 Å². The van der Waals surface area contributed by atoms with E-state index in [4.69, 9.17) is 16.3 Å². The number of nitro benzene ring substituents is 1. The smallest absolute Gasteiger partial charge is 0.285 e.